The molecule has 2 aromatic rings. The molecule has 0 amide bonds. The van der Waals surface area contributed by atoms with Crippen molar-refractivity contribution in [3.63, 3.8) is 0 Å². The maximum atomic E-state index is 12.4. The predicted octanol–water partition coefficient (Wildman–Crippen LogP) is 17.6. The van der Waals surface area contributed by atoms with Crippen LogP contribution in [0.3, 0.4) is 0 Å². The Morgan fingerprint density at radius 3 is 1.12 bits per heavy atom. The summed E-state index contributed by atoms with van der Waals surface area (Å²) in [6.07, 6.45) is 23.5. The summed E-state index contributed by atoms with van der Waals surface area (Å²) in [5.41, 5.74) is -0.218. The molecule has 3 N–H and O–H groups in total. The molecule has 718 valence electrons. The minimum Gasteiger partial charge on any atom is -0.870 e. The van der Waals surface area contributed by atoms with Crippen LogP contribution in [0.15, 0.2) is 28.7 Å². The van der Waals surface area contributed by atoms with Gasteiger partial charge in [0.2, 0.25) is 5.89 Å². The fourth-order valence-electron chi connectivity index (χ4n) is 14.2. The fourth-order valence-corrected chi connectivity index (χ4v) is 16.5. The standard InChI is InChI=1S/C22H44O4Si.C20H40O4Si.C16H30O5.C12H11NO2.C10H20O3.C9H16O3.C6H11BrO2.Na.H2O/c1-20(2,3)26-19(23)22(7,8)24-15-17-12-11-13-18(14-17)16-25-27(9,10)21(4,5)6;1-19(2,3)24-18(21)15-22-13-16-10-9-11-17(12-16)14-23-25(7,8)20(4,5)6;1-16(2,3)21-15(17)11-19-9-13-6-5-7-14(8-13)10-20-12-18-4;1-8-3-5-10(6-4-8)12-13-11(7-14)9(2)15-12;1-12-8-13-7-10-4-2-3-9(5-10)6-11;1-12-9(11)8-4-2-3-7(5-8)6-10;1-6(2,3)9-5(8)4-7;;/h17-18H,11-16H2,1-10H3;16-17H,9-15H2,1-8H3;13-14H,5-12H2,1-4H3;3-7H,1-2H3;9-11H,2-8H2,1H3;7-8,10H,2-6H2,1H3;4H2,1-3H3;;1H2/q;;;;;;;+1;/p-1. The molecule has 7 rings (SSSR count). The number of halogens is 1. The molecule has 10 atom stereocenters. The van der Waals surface area contributed by atoms with Crippen molar-refractivity contribution in [1.82, 2.24) is 4.98 Å². The van der Waals surface area contributed by atoms with Crippen molar-refractivity contribution in [3.05, 3.63) is 41.3 Å². The molecule has 1 aromatic carbocycles. The summed E-state index contributed by atoms with van der Waals surface area (Å²) in [6, 6.07) is 7.81. The molecular formula is C95H173BrNNaO24Si2. The van der Waals surface area contributed by atoms with E-state index in [1.54, 1.807) is 21.1 Å². The number of hydrogen-bond donors (Lipinski definition) is 2. The number of aldehydes is 1. The first-order chi connectivity index (χ1) is 56.5. The number of rotatable bonds is 32. The van der Waals surface area contributed by atoms with Crippen LogP contribution in [0, 0.1) is 73.0 Å². The van der Waals surface area contributed by atoms with E-state index in [4.69, 9.17) is 75.6 Å². The van der Waals surface area contributed by atoms with E-state index in [9.17, 15) is 28.8 Å². The molecule has 5 aliphatic rings. The first-order valence-electron chi connectivity index (χ1n) is 45.0. The molecule has 0 spiro atoms. The van der Waals surface area contributed by atoms with Gasteiger partial charge in [0.05, 0.1) is 46.1 Å². The third kappa shape index (κ3) is 56.6. The van der Waals surface area contributed by atoms with Crippen molar-refractivity contribution in [2.24, 2.45) is 59.2 Å². The van der Waals surface area contributed by atoms with E-state index < -0.39 is 39.0 Å². The van der Waals surface area contributed by atoms with Crippen LogP contribution in [0.2, 0.25) is 36.3 Å². The van der Waals surface area contributed by atoms with Gasteiger partial charge in [0.25, 0.3) is 0 Å². The van der Waals surface area contributed by atoms with Gasteiger partial charge in [-0.1, -0.05) is 107 Å². The zero-order valence-corrected chi connectivity index (χ0v) is 88.5. The van der Waals surface area contributed by atoms with Gasteiger partial charge < -0.3 is 85.8 Å². The summed E-state index contributed by atoms with van der Waals surface area (Å²) in [7, 11) is 1.33. The van der Waals surface area contributed by atoms with Crippen LogP contribution in [0.25, 0.3) is 11.5 Å². The van der Waals surface area contributed by atoms with Crippen LogP contribution in [-0.2, 0) is 89.7 Å². The average Bonchev–Trinajstić information content (AvgIpc) is 1.42. The van der Waals surface area contributed by atoms with Crippen molar-refractivity contribution in [2.75, 3.05) is 113 Å². The molecule has 0 aliphatic heterocycles. The Hall–Kier alpha value is -3.12. The summed E-state index contributed by atoms with van der Waals surface area (Å²) in [6.45, 7) is 59.3. The van der Waals surface area contributed by atoms with Gasteiger partial charge in [-0.15, -0.1) is 0 Å². The summed E-state index contributed by atoms with van der Waals surface area (Å²) >= 11 is 2.99. The number of aryl methyl sites for hydroxylation is 2. The van der Waals surface area contributed by atoms with Crippen molar-refractivity contribution >= 4 is 68.7 Å². The van der Waals surface area contributed by atoms with Gasteiger partial charge in [-0.3, -0.25) is 14.4 Å². The van der Waals surface area contributed by atoms with Crippen molar-refractivity contribution in [3.8, 4) is 11.5 Å². The van der Waals surface area contributed by atoms with Crippen molar-refractivity contribution in [1.29, 1.82) is 0 Å². The van der Waals surface area contributed by atoms with Crippen LogP contribution in [0.1, 0.15) is 289 Å². The molecule has 1 heterocycles. The first kappa shape index (κ1) is 123. The largest absolute Gasteiger partial charge is 1.00 e. The molecule has 5 saturated carbocycles. The van der Waals surface area contributed by atoms with Gasteiger partial charge in [0.15, 0.2) is 28.5 Å². The SMILES string of the molecule is CC(C)(C)OC(=O)C(C)(C)OCC1CCCC(CO[Si](C)(C)C(C)(C)C)C1.CC(C)(C)OC(=O)CBr.CC(C)(C)OC(=O)COCC1CCCC(CO[Si](C)(C)C(C)(C)C)C1.COC(=O)C1CCCC(CO)C1.COCOCC1CCCC(CO)C1.COCOCC1CCCC(COCC(=O)OC(C)(C)C)C1.Cc1ccc(-c2nc(C=O)c(C)o2)cc1.[Na+].[OH-]. The van der Waals surface area contributed by atoms with Gasteiger partial charge in [0.1, 0.15) is 66.0 Å². The Labute approximate surface area is 782 Å². The van der Waals surface area contributed by atoms with Crippen LogP contribution in [-0.4, -0.2) is 214 Å². The molecule has 0 bridgehead atoms. The second-order valence-corrected chi connectivity index (χ2v) is 51.8. The fraction of sp³-hybridized carbons (Fsp3) is 0.842. The molecular weight excluding hydrogens is 1700 g/mol. The number of ether oxygens (including phenoxy) is 12. The number of aromatic nitrogens is 1. The number of benzene rings is 1. The second-order valence-electron chi connectivity index (χ2n) is 41.6. The molecule has 0 saturated heterocycles. The number of methoxy groups -OCH3 is 3. The van der Waals surface area contributed by atoms with E-state index in [1.165, 1.54) is 83.3 Å². The number of aliphatic hydroxyl groups excluding tert-OH is 2. The minimum atomic E-state index is -1.69. The number of carbonyl (C=O) groups is 6. The number of esters is 5. The van der Waals surface area contributed by atoms with Crippen molar-refractivity contribution < 1.29 is 144 Å². The third-order valence-corrected chi connectivity index (χ3v) is 32.3. The van der Waals surface area contributed by atoms with Crippen LogP contribution in [0.4, 0.5) is 0 Å². The van der Waals surface area contributed by atoms with Gasteiger partial charge in [-0.05, 0) is 309 Å². The zero-order valence-electron chi connectivity index (χ0n) is 82.9. The molecule has 124 heavy (non-hydrogen) atoms. The van der Waals surface area contributed by atoms with E-state index in [-0.39, 0.29) is 112 Å². The van der Waals surface area contributed by atoms with E-state index in [1.807, 2.05) is 128 Å². The molecule has 29 heteroatoms. The van der Waals surface area contributed by atoms with Gasteiger partial charge in [-0.2, -0.15) is 0 Å². The Morgan fingerprint density at radius 2 is 0.798 bits per heavy atom. The molecule has 10 unspecified atom stereocenters. The summed E-state index contributed by atoms with van der Waals surface area (Å²) in [4.78, 5) is 72.0. The Balaban J connectivity index is 0. The normalized spacial score (nSPS) is 21.4. The number of carbonyl (C=O) groups excluding carboxylic acids is 6. The maximum Gasteiger partial charge on any atom is 1.00 e. The van der Waals surface area contributed by atoms with E-state index in [0.29, 0.717) is 117 Å². The maximum absolute atomic E-state index is 12.4. The first-order valence-corrected chi connectivity index (χ1v) is 51.9. The number of nitrogens with zero attached hydrogens (tertiary/aromatic N) is 1. The van der Waals surface area contributed by atoms with Gasteiger partial charge >= 0.3 is 59.4 Å². The molecule has 1 aromatic heterocycles. The van der Waals surface area contributed by atoms with E-state index in [2.05, 4.69) is 93.4 Å². The van der Waals surface area contributed by atoms with Crippen LogP contribution < -0.4 is 29.6 Å². The predicted molar refractivity (Wildman–Crippen MR) is 493 cm³/mol. The van der Waals surface area contributed by atoms with Gasteiger partial charge in [-0.25, -0.2) is 19.4 Å². The quantitative estimate of drug-likeness (QED) is 0.0131. The molecule has 5 fully saturated rings. The molecule has 25 nitrogen and oxygen atoms in total. The Kier molecular flexibility index (Phi) is 61.0. The number of oxazole rings is 1. The number of hydrogen-bond acceptors (Lipinski definition) is 25. The smallest absolute Gasteiger partial charge is 0.870 e. The summed E-state index contributed by atoms with van der Waals surface area (Å²) < 4.78 is 81.4. The average molecular weight is 1870 g/mol. The number of alkyl halides is 1. The monoisotopic (exact) mass is 1870 g/mol. The topological polar surface area (TPSA) is 328 Å². The molecule has 0 radical (unpaired) electrons. The second kappa shape index (κ2) is 61.6. The summed E-state index contributed by atoms with van der Waals surface area (Å²) in [5.74, 6) is 4.66. The van der Waals surface area contributed by atoms with Gasteiger partial charge in [0, 0.05) is 46.2 Å². The Morgan fingerprint density at radius 1 is 0.468 bits per heavy atom. The van der Waals surface area contributed by atoms with Crippen LogP contribution in [0.5, 0.6) is 0 Å². The Bertz CT molecular complexity index is 3210. The van der Waals surface area contributed by atoms with E-state index in [0.717, 1.165) is 89.8 Å². The third-order valence-electron chi connectivity index (χ3n) is 22.8. The number of aliphatic hydroxyl groups is 2. The minimum absolute atomic E-state index is 0. The molecule has 5 aliphatic carbocycles. The zero-order chi connectivity index (χ0) is 92.9. The van der Waals surface area contributed by atoms with E-state index >= 15 is 0 Å². The van der Waals surface area contributed by atoms with Crippen molar-refractivity contribution in [2.45, 2.75) is 345 Å². The van der Waals surface area contributed by atoms with Crippen LogP contribution >= 0.6 is 15.9 Å². The summed E-state index contributed by atoms with van der Waals surface area (Å²) in [5, 5.41) is 18.7.